The fraction of sp³-hybridized carbons (Fsp3) is 0.263. The SMILES string of the molecule is COc1ccc(C(=O)NNC(=O)c2ccc(C)cc2C)c(OC)c1OC. The highest BCUT2D eigenvalue weighted by atomic mass is 16.5. The minimum atomic E-state index is -0.541. The third-order valence-electron chi connectivity index (χ3n) is 3.86. The van der Waals surface area contributed by atoms with Crippen LogP contribution >= 0.6 is 0 Å². The molecule has 0 unspecified atom stereocenters. The van der Waals surface area contributed by atoms with Gasteiger partial charge >= 0.3 is 0 Å². The number of ether oxygens (including phenoxy) is 3. The molecule has 0 aliphatic heterocycles. The topological polar surface area (TPSA) is 85.9 Å². The van der Waals surface area contributed by atoms with Crippen LogP contribution in [0.1, 0.15) is 31.8 Å². The van der Waals surface area contributed by atoms with Gasteiger partial charge in [0.05, 0.1) is 26.9 Å². The lowest BCUT2D eigenvalue weighted by molar-refractivity contribution is 0.0844. The number of amides is 2. The first-order chi connectivity index (χ1) is 12.4. The second-order valence-electron chi connectivity index (χ2n) is 5.61. The van der Waals surface area contributed by atoms with Gasteiger partial charge in [-0.2, -0.15) is 0 Å². The molecule has 0 atom stereocenters. The largest absolute Gasteiger partial charge is 0.493 e. The van der Waals surface area contributed by atoms with Crippen molar-refractivity contribution in [2.45, 2.75) is 13.8 Å². The molecule has 2 rings (SSSR count). The fourth-order valence-corrected chi connectivity index (χ4v) is 2.60. The summed E-state index contributed by atoms with van der Waals surface area (Å²) < 4.78 is 15.7. The number of hydrogen-bond donors (Lipinski definition) is 2. The Morgan fingerprint density at radius 2 is 1.35 bits per heavy atom. The van der Waals surface area contributed by atoms with Crippen LogP contribution in [0.3, 0.4) is 0 Å². The summed E-state index contributed by atoms with van der Waals surface area (Å²) in [6.45, 7) is 3.78. The van der Waals surface area contributed by atoms with E-state index in [1.165, 1.54) is 27.4 Å². The van der Waals surface area contributed by atoms with Gasteiger partial charge in [0.1, 0.15) is 0 Å². The summed E-state index contributed by atoms with van der Waals surface area (Å²) in [7, 11) is 4.35. The number of methoxy groups -OCH3 is 3. The van der Waals surface area contributed by atoms with Crippen LogP contribution in [0.4, 0.5) is 0 Å². The molecule has 138 valence electrons. The Kier molecular flexibility index (Phi) is 6.06. The molecular formula is C19H22N2O5. The number of hydrogen-bond acceptors (Lipinski definition) is 5. The van der Waals surface area contributed by atoms with E-state index in [-0.39, 0.29) is 11.3 Å². The average Bonchev–Trinajstić information content (AvgIpc) is 2.64. The van der Waals surface area contributed by atoms with E-state index in [9.17, 15) is 9.59 Å². The molecule has 7 heteroatoms. The summed E-state index contributed by atoms with van der Waals surface area (Å²) in [5, 5.41) is 0. The van der Waals surface area contributed by atoms with Gasteiger partial charge in [0.15, 0.2) is 11.5 Å². The Labute approximate surface area is 152 Å². The number of hydrazine groups is 1. The average molecular weight is 358 g/mol. The molecule has 2 N–H and O–H groups in total. The van der Waals surface area contributed by atoms with E-state index >= 15 is 0 Å². The molecule has 0 saturated heterocycles. The van der Waals surface area contributed by atoms with Gasteiger partial charge in [-0.15, -0.1) is 0 Å². The molecule has 2 aromatic carbocycles. The summed E-state index contributed by atoms with van der Waals surface area (Å²) in [5.41, 5.74) is 7.35. The van der Waals surface area contributed by atoms with Crippen molar-refractivity contribution in [2.24, 2.45) is 0 Å². The van der Waals surface area contributed by atoms with Crippen molar-refractivity contribution in [2.75, 3.05) is 21.3 Å². The maximum Gasteiger partial charge on any atom is 0.273 e. The molecule has 0 aromatic heterocycles. The standard InChI is InChI=1S/C19H22N2O5/c1-11-6-7-13(12(2)10-11)18(22)20-21-19(23)14-8-9-15(24-3)17(26-5)16(14)25-4/h6-10H,1-5H3,(H,20,22)(H,21,23). The van der Waals surface area contributed by atoms with Crippen molar-refractivity contribution in [3.05, 3.63) is 52.6 Å². The molecule has 0 spiro atoms. The predicted octanol–water partition coefficient (Wildman–Crippen LogP) is 2.40. The van der Waals surface area contributed by atoms with E-state index in [0.717, 1.165) is 11.1 Å². The van der Waals surface area contributed by atoms with Gasteiger partial charge in [0.2, 0.25) is 5.75 Å². The third-order valence-corrected chi connectivity index (χ3v) is 3.86. The Balaban J connectivity index is 2.18. The molecule has 2 aromatic rings. The van der Waals surface area contributed by atoms with Crippen LogP contribution < -0.4 is 25.1 Å². The molecule has 26 heavy (non-hydrogen) atoms. The summed E-state index contributed by atoms with van der Waals surface area (Å²) >= 11 is 0. The van der Waals surface area contributed by atoms with E-state index in [1.54, 1.807) is 12.1 Å². The van der Waals surface area contributed by atoms with E-state index in [0.29, 0.717) is 17.1 Å². The second-order valence-corrected chi connectivity index (χ2v) is 5.61. The van der Waals surface area contributed by atoms with E-state index in [1.807, 2.05) is 26.0 Å². The molecule has 0 fully saturated rings. The third kappa shape index (κ3) is 3.88. The van der Waals surface area contributed by atoms with Crippen molar-refractivity contribution in [3.8, 4) is 17.2 Å². The van der Waals surface area contributed by atoms with Crippen molar-refractivity contribution in [1.82, 2.24) is 10.9 Å². The highest BCUT2D eigenvalue weighted by molar-refractivity contribution is 6.01. The second kappa shape index (κ2) is 8.24. The first-order valence-corrected chi connectivity index (χ1v) is 7.89. The van der Waals surface area contributed by atoms with Gasteiger partial charge in [-0.05, 0) is 37.6 Å². The van der Waals surface area contributed by atoms with Gasteiger partial charge in [-0.25, -0.2) is 0 Å². The number of rotatable bonds is 5. The molecule has 0 heterocycles. The Bertz CT molecular complexity index is 833. The maximum atomic E-state index is 12.5. The van der Waals surface area contributed by atoms with Crippen LogP contribution in [0, 0.1) is 13.8 Å². The molecule has 0 aliphatic carbocycles. The van der Waals surface area contributed by atoms with Crippen LogP contribution in [0.15, 0.2) is 30.3 Å². The van der Waals surface area contributed by atoms with E-state index < -0.39 is 11.8 Å². The normalized spacial score (nSPS) is 10.0. The number of benzene rings is 2. The number of aryl methyl sites for hydroxylation is 2. The Morgan fingerprint density at radius 3 is 1.88 bits per heavy atom. The Hall–Kier alpha value is -3.22. The number of nitrogens with one attached hydrogen (secondary N) is 2. The minimum Gasteiger partial charge on any atom is -0.493 e. The zero-order valence-corrected chi connectivity index (χ0v) is 15.4. The Morgan fingerprint density at radius 1 is 0.769 bits per heavy atom. The van der Waals surface area contributed by atoms with Gasteiger partial charge in [-0.1, -0.05) is 17.7 Å². The quantitative estimate of drug-likeness (QED) is 0.802. The van der Waals surface area contributed by atoms with Crippen LogP contribution in [0.2, 0.25) is 0 Å². The van der Waals surface area contributed by atoms with Gasteiger partial charge in [0.25, 0.3) is 11.8 Å². The van der Waals surface area contributed by atoms with E-state index in [2.05, 4.69) is 10.9 Å². The molecular weight excluding hydrogens is 336 g/mol. The van der Waals surface area contributed by atoms with Crippen LogP contribution in [-0.4, -0.2) is 33.1 Å². The van der Waals surface area contributed by atoms with Gasteiger partial charge in [0, 0.05) is 5.56 Å². The number of carbonyl (C=O) groups is 2. The summed E-state index contributed by atoms with van der Waals surface area (Å²) in [6.07, 6.45) is 0. The zero-order valence-electron chi connectivity index (χ0n) is 15.4. The summed E-state index contributed by atoms with van der Waals surface area (Å²) in [5.74, 6) is -0.00935. The van der Waals surface area contributed by atoms with Crippen molar-refractivity contribution >= 4 is 11.8 Å². The van der Waals surface area contributed by atoms with Crippen molar-refractivity contribution < 1.29 is 23.8 Å². The van der Waals surface area contributed by atoms with Crippen molar-refractivity contribution in [1.29, 1.82) is 0 Å². The monoisotopic (exact) mass is 358 g/mol. The molecule has 7 nitrogen and oxygen atoms in total. The van der Waals surface area contributed by atoms with Crippen LogP contribution in [0.5, 0.6) is 17.2 Å². The lowest BCUT2D eigenvalue weighted by Gasteiger charge is -2.16. The number of carbonyl (C=O) groups excluding carboxylic acids is 2. The first kappa shape index (κ1) is 19.1. The molecule has 0 aliphatic rings. The molecule has 0 bridgehead atoms. The fourth-order valence-electron chi connectivity index (χ4n) is 2.60. The summed E-state index contributed by atoms with van der Waals surface area (Å²) in [4.78, 5) is 24.8. The lowest BCUT2D eigenvalue weighted by Crippen LogP contribution is -2.42. The zero-order chi connectivity index (χ0) is 19.3. The highest BCUT2D eigenvalue weighted by Crippen LogP contribution is 2.39. The van der Waals surface area contributed by atoms with Gasteiger partial charge < -0.3 is 14.2 Å². The highest BCUT2D eigenvalue weighted by Gasteiger charge is 2.21. The molecule has 2 amide bonds. The predicted molar refractivity (Wildman–Crippen MR) is 96.9 cm³/mol. The molecule has 0 radical (unpaired) electrons. The van der Waals surface area contributed by atoms with E-state index in [4.69, 9.17) is 14.2 Å². The van der Waals surface area contributed by atoms with Crippen LogP contribution in [0.25, 0.3) is 0 Å². The first-order valence-electron chi connectivity index (χ1n) is 7.89. The van der Waals surface area contributed by atoms with Crippen LogP contribution in [-0.2, 0) is 0 Å². The summed E-state index contributed by atoms with van der Waals surface area (Å²) in [6, 6.07) is 8.55. The van der Waals surface area contributed by atoms with Crippen molar-refractivity contribution in [3.63, 3.8) is 0 Å². The maximum absolute atomic E-state index is 12.5. The smallest absolute Gasteiger partial charge is 0.273 e. The lowest BCUT2D eigenvalue weighted by atomic mass is 10.1. The van der Waals surface area contributed by atoms with Gasteiger partial charge in [-0.3, -0.25) is 20.4 Å². The molecule has 0 saturated carbocycles. The minimum absolute atomic E-state index is 0.200.